The number of carbonyl (C=O) groups excluding carboxylic acids is 1. The minimum absolute atomic E-state index is 0.186. The van der Waals surface area contributed by atoms with Gasteiger partial charge in [-0.2, -0.15) is 5.10 Å². The van der Waals surface area contributed by atoms with Gasteiger partial charge in [-0.3, -0.25) is 18.8 Å². The second-order valence-electron chi connectivity index (χ2n) is 4.74. The fourth-order valence-corrected chi connectivity index (χ4v) is 2.07. The van der Waals surface area contributed by atoms with E-state index in [2.05, 4.69) is 15.4 Å². The molecule has 0 aliphatic rings. The van der Waals surface area contributed by atoms with Crippen molar-refractivity contribution in [3.63, 3.8) is 0 Å². The first-order chi connectivity index (χ1) is 10.5. The molecule has 0 saturated heterocycles. The maximum absolute atomic E-state index is 12.8. The number of rotatable bonds is 3. The first kappa shape index (κ1) is 13.9. The number of halogens is 1. The summed E-state index contributed by atoms with van der Waals surface area (Å²) in [6.07, 6.45) is 2.72. The molecule has 0 saturated carbocycles. The highest BCUT2D eigenvalue weighted by molar-refractivity contribution is 5.90. The number of carbonyl (C=O) groups is 1. The Labute approximate surface area is 124 Å². The highest BCUT2D eigenvalue weighted by Crippen LogP contribution is 2.08. The van der Waals surface area contributed by atoms with Gasteiger partial charge in [0.1, 0.15) is 24.1 Å². The molecule has 3 rings (SSSR count). The molecule has 0 radical (unpaired) electrons. The van der Waals surface area contributed by atoms with E-state index in [0.717, 1.165) is 0 Å². The Morgan fingerprint density at radius 3 is 2.77 bits per heavy atom. The zero-order chi connectivity index (χ0) is 15.7. The third kappa shape index (κ3) is 2.58. The smallest absolute Gasteiger partial charge is 0.264 e. The van der Waals surface area contributed by atoms with Crippen molar-refractivity contribution in [3.8, 4) is 0 Å². The second-order valence-corrected chi connectivity index (χ2v) is 4.74. The molecule has 112 valence electrons. The Bertz CT molecular complexity index is 898. The number of benzene rings is 1. The molecule has 1 N–H and O–H groups in total. The monoisotopic (exact) mass is 301 g/mol. The number of anilines is 1. The van der Waals surface area contributed by atoms with Crippen LogP contribution < -0.4 is 10.9 Å². The van der Waals surface area contributed by atoms with Crippen LogP contribution in [0.1, 0.15) is 0 Å². The van der Waals surface area contributed by atoms with Gasteiger partial charge in [0, 0.05) is 12.7 Å². The van der Waals surface area contributed by atoms with Crippen LogP contribution in [0.15, 0.2) is 41.6 Å². The third-order valence-corrected chi connectivity index (χ3v) is 3.16. The van der Waals surface area contributed by atoms with Crippen molar-refractivity contribution in [2.24, 2.45) is 7.05 Å². The molecule has 0 atom stereocenters. The third-order valence-electron chi connectivity index (χ3n) is 3.16. The van der Waals surface area contributed by atoms with Crippen LogP contribution in [-0.2, 0) is 18.4 Å². The Balaban J connectivity index is 1.80. The standard InChI is InChI=1S/C14H12FN5O2/c1-19-13-11(6-17-19)14(22)20(8-16-13)7-12(21)18-10-4-2-9(15)3-5-10/h2-6,8H,7H2,1H3,(H,18,21). The fraction of sp³-hybridized carbons (Fsp3) is 0.143. The number of nitrogens with one attached hydrogen (secondary N) is 1. The van der Waals surface area contributed by atoms with Crippen molar-refractivity contribution in [2.45, 2.75) is 6.54 Å². The minimum Gasteiger partial charge on any atom is -0.325 e. The topological polar surface area (TPSA) is 81.8 Å². The van der Waals surface area contributed by atoms with Crippen molar-refractivity contribution < 1.29 is 9.18 Å². The number of hydrogen-bond donors (Lipinski definition) is 1. The molecule has 2 heterocycles. The summed E-state index contributed by atoms with van der Waals surface area (Å²) >= 11 is 0. The van der Waals surface area contributed by atoms with Crippen LogP contribution in [0.5, 0.6) is 0 Å². The van der Waals surface area contributed by atoms with Gasteiger partial charge in [0.15, 0.2) is 5.65 Å². The zero-order valence-electron chi connectivity index (χ0n) is 11.7. The first-order valence-corrected chi connectivity index (χ1v) is 6.47. The summed E-state index contributed by atoms with van der Waals surface area (Å²) in [5, 5.41) is 6.89. The van der Waals surface area contributed by atoms with Crippen molar-refractivity contribution in [3.05, 3.63) is 53.0 Å². The van der Waals surface area contributed by atoms with E-state index in [0.29, 0.717) is 16.7 Å². The number of nitrogens with zero attached hydrogens (tertiary/aromatic N) is 4. The normalized spacial score (nSPS) is 10.8. The van der Waals surface area contributed by atoms with E-state index in [4.69, 9.17) is 0 Å². The summed E-state index contributed by atoms with van der Waals surface area (Å²) in [7, 11) is 1.68. The molecule has 7 nitrogen and oxygen atoms in total. The van der Waals surface area contributed by atoms with Crippen LogP contribution in [0.4, 0.5) is 10.1 Å². The van der Waals surface area contributed by atoms with E-state index in [-0.39, 0.29) is 17.9 Å². The van der Waals surface area contributed by atoms with Crippen LogP contribution in [0.25, 0.3) is 11.0 Å². The summed E-state index contributed by atoms with van der Waals surface area (Å²) in [6.45, 7) is -0.186. The predicted molar refractivity (Wildman–Crippen MR) is 77.8 cm³/mol. The molecule has 0 unspecified atom stereocenters. The maximum Gasteiger partial charge on any atom is 0.264 e. The fourth-order valence-electron chi connectivity index (χ4n) is 2.07. The molecule has 0 fully saturated rings. The van der Waals surface area contributed by atoms with Gasteiger partial charge in [-0.25, -0.2) is 9.37 Å². The van der Waals surface area contributed by atoms with Crippen LogP contribution in [-0.4, -0.2) is 25.2 Å². The van der Waals surface area contributed by atoms with Crippen LogP contribution in [0.2, 0.25) is 0 Å². The average molecular weight is 301 g/mol. The van der Waals surface area contributed by atoms with Crippen molar-refractivity contribution in [1.82, 2.24) is 19.3 Å². The van der Waals surface area contributed by atoms with Gasteiger partial charge in [0.05, 0.1) is 6.20 Å². The van der Waals surface area contributed by atoms with Gasteiger partial charge in [-0.15, -0.1) is 0 Å². The lowest BCUT2D eigenvalue weighted by molar-refractivity contribution is -0.116. The lowest BCUT2D eigenvalue weighted by atomic mass is 10.3. The highest BCUT2D eigenvalue weighted by atomic mass is 19.1. The molecule has 0 aliphatic heterocycles. The Hall–Kier alpha value is -3.03. The molecule has 1 aromatic carbocycles. The van der Waals surface area contributed by atoms with Crippen LogP contribution >= 0.6 is 0 Å². The summed E-state index contributed by atoms with van der Waals surface area (Å²) in [5.41, 5.74) is 0.572. The second kappa shape index (κ2) is 5.40. The van der Waals surface area contributed by atoms with Crippen molar-refractivity contribution in [1.29, 1.82) is 0 Å². The quantitative estimate of drug-likeness (QED) is 0.779. The molecule has 3 aromatic rings. The molecule has 0 spiro atoms. The largest absolute Gasteiger partial charge is 0.325 e. The lowest BCUT2D eigenvalue weighted by Gasteiger charge is -2.07. The molecule has 0 aliphatic carbocycles. The number of aromatic nitrogens is 4. The van der Waals surface area contributed by atoms with Gasteiger partial charge < -0.3 is 5.32 Å². The first-order valence-electron chi connectivity index (χ1n) is 6.47. The summed E-state index contributed by atoms with van der Waals surface area (Å²) in [4.78, 5) is 28.3. The molecule has 1 amide bonds. The van der Waals surface area contributed by atoms with Gasteiger partial charge >= 0.3 is 0 Å². The van der Waals surface area contributed by atoms with Crippen LogP contribution in [0, 0.1) is 5.82 Å². The summed E-state index contributed by atoms with van der Waals surface area (Å²) < 4.78 is 15.5. The van der Waals surface area contributed by atoms with Crippen LogP contribution in [0.3, 0.4) is 0 Å². The number of fused-ring (bicyclic) bond motifs is 1. The maximum atomic E-state index is 12.8. The lowest BCUT2D eigenvalue weighted by Crippen LogP contribution is -2.27. The Morgan fingerprint density at radius 2 is 2.05 bits per heavy atom. The van der Waals surface area contributed by atoms with Gasteiger partial charge in [0.25, 0.3) is 5.56 Å². The van der Waals surface area contributed by atoms with Gasteiger partial charge in [-0.1, -0.05) is 0 Å². The van der Waals surface area contributed by atoms with E-state index in [1.165, 1.54) is 46.0 Å². The van der Waals surface area contributed by atoms with Crippen molar-refractivity contribution in [2.75, 3.05) is 5.32 Å². The van der Waals surface area contributed by atoms with Crippen molar-refractivity contribution >= 4 is 22.6 Å². The van der Waals surface area contributed by atoms with E-state index in [1.807, 2.05) is 0 Å². The molecular formula is C14H12FN5O2. The van der Waals surface area contributed by atoms with Gasteiger partial charge in [-0.05, 0) is 24.3 Å². The molecule has 8 heteroatoms. The SMILES string of the molecule is Cn1ncc2c(=O)n(CC(=O)Nc3ccc(F)cc3)cnc21. The number of aryl methyl sites for hydroxylation is 1. The zero-order valence-corrected chi connectivity index (χ0v) is 11.7. The molecule has 22 heavy (non-hydrogen) atoms. The average Bonchev–Trinajstić information content (AvgIpc) is 2.87. The summed E-state index contributed by atoms with van der Waals surface area (Å²) in [6, 6.07) is 5.37. The Kier molecular flexibility index (Phi) is 3.42. The summed E-state index contributed by atoms with van der Waals surface area (Å²) in [5.74, 6) is -0.792. The molecule has 0 bridgehead atoms. The van der Waals surface area contributed by atoms with E-state index >= 15 is 0 Å². The minimum atomic E-state index is -0.404. The highest BCUT2D eigenvalue weighted by Gasteiger charge is 2.11. The predicted octanol–water partition coefficient (Wildman–Crippen LogP) is 0.908. The van der Waals surface area contributed by atoms with Gasteiger partial charge in [0.2, 0.25) is 5.91 Å². The Morgan fingerprint density at radius 1 is 1.32 bits per heavy atom. The molecule has 2 aromatic heterocycles. The number of hydrogen-bond acceptors (Lipinski definition) is 4. The van der Waals surface area contributed by atoms with E-state index in [1.54, 1.807) is 7.05 Å². The van der Waals surface area contributed by atoms with E-state index in [9.17, 15) is 14.0 Å². The number of amides is 1. The van der Waals surface area contributed by atoms with E-state index < -0.39 is 5.91 Å². The molecular weight excluding hydrogens is 289 g/mol.